The van der Waals surface area contributed by atoms with Crippen LogP contribution in [-0.2, 0) is 4.79 Å². The topological polar surface area (TPSA) is 55.1 Å². The number of carbonyl (C=O) groups excluding carboxylic acids is 1. The Balaban J connectivity index is 0.00000161. The monoisotopic (exact) mass is 314 g/mol. The Labute approximate surface area is 135 Å². The lowest BCUT2D eigenvalue weighted by molar-refractivity contribution is -0.124. The second-order valence-corrected chi connectivity index (χ2v) is 7.48. The van der Waals surface area contributed by atoms with E-state index in [0.717, 1.165) is 19.3 Å². The van der Waals surface area contributed by atoms with Crippen molar-refractivity contribution in [2.24, 2.45) is 23.5 Å². The van der Waals surface area contributed by atoms with Crippen LogP contribution in [0.4, 0.5) is 0 Å². The highest BCUT2D eigenvalue weighted by atomic mass is 35.5. The van der Waals surface area contributed by atoms with E-state index in [4.69, 9.17) is 5.73 Å². The lowest BCUT2D eigenvalue weighted by Gasteiger charge is -2.45. The van der Waals surface area contributed by atoms with E-state index in [0.29, 0.717) is 35.7 Å². The molecule has 0 heterocycles. The summed E-state index contributed by atoms with van der Waals surface area (Å²) in [5, 5.41) is 3.39. The van der Waals surface area contributed by atoms with Crippen molar-refractivity contribution in [2.75, 3.05) is 0 Å². The maximum absolute atomic E-state index is 12.3. The summed E-state index contributed by atoms with van der Waals surface area (Å²) in [6.45, 7) is 0. The first-order valence-electron chi connectivity index (χ1n) is 8.77. The molecule has 3 fully saturated rings. The smallest absolute Gasteiger partial charge is 0.220 e. The maximum Gasteiger partial charge on any atom is 0.220 e. The van der Waals surface area contributed by atoms with Gasteiger partial charge < -0.3 is 11.1 Å². The molecular formula is C17H31ClN2O. The van der Waals surface area contributed by atoms with Gasteiger partial charge in [0.05, 0.1) is 0 Å². The maximum atomic E-state index is 12.3. The second kappa shape index (κ2) is 7.82. The van der Waals surface area contributed by atoms with Crippen molar-refractivity contribution in [1.29, 1.82) is 0 Å². The van der Waals surface area contributed by atoms with Gasteiger partial charge in [-0.25, -0.2) is 0 Å². The van der Waals surface area contributed by atoms with Gasteiger partial charge in [0.25, 0.3) is 0 Å². The third-order valence-electron chi connectivity index (χ3n) is 5.90. The molecule has 2 unspecified atom stereocenters. The highest BCUT2D eigenvalue weighted by Crippen LogP contribution is 2.39. The van der Waals surface area contributed by atoms with E-state index in [1.165, 1.54) is 51.4 Å². The van der Waals surface area contributed by atoms with E-state index >= 15 is 0 Å². The average Bonchev–Trinajstić information content (AvgIpc) is 2.41. The Morgan fingerprint density at radius 3 is 2.19 bits per heavy atom. The number of rotatable bonds is 3. The average molecular weight is 315 g/mol. The summed E-state index contributed by atoms with van der Waals surface area (Å²) in [6.07, 6.45) is 13.4. The molecule has 0 spiro atoms. The lowest BCUT2D eigenvalue weighted by atomic mass is 9.67. The summed E-state index contributed by atoms with van der Waals surface area (Å²) < 4.78 is 0. The number of fused-ring (bicyclic) bond motifs is 2. The van der Waals surface area contributed by atoms with Gasteiger partial charge in [0.2, 0.25) is 5.91 Å². The van der Waals surface area contributed by atoms with Crippen LogP contribution in [0, 0.1) is 17.8 Å². The number of nitrogens with two attached hydrogens (primary N) is 1. The zero-order chi connectivity index (χ0) is 13.9. The minimum absolute atomic E-state index is 0. The molecule has 3 N–H and O–H groups in total. The van der Waals surface area contributed by atoms with Crippen molar-refractivity contribution in [1.82, 2.24) is 5.32 Å². The minimum atomic E-state index is 0. The molecule has 0 aromatic heterocycles. The number of halogens is 1. The van der Waals surface area contributed by atoms with Crippen LogP contribution in [0.5, 0.6) is 0 Å². The molecule has 21 heavy (non-hydrogen) atoms. The Morgan fingerprint density at radius 1 is 0.952 bits per heavy atom. The summed E-state index contributed by atoms with van der Waals surface area (Å²) >= 11 is 0. The quantitative estimate of drug-likeness (QED) is 0.839. The molecule has 2 atom stereocenters. The standard InChI is InChI=1S/C17H30N2O.ClH/c18-15-10-13-7-4-8-14(11-15)17(13)19-16(20)9-12-5-2-1-3-6-12;/h12-15,17H,1-11,18H2,(H,19,20);1H. The van der Waals surface area contributed by atoms with Gasteiger partial charge in [0.1, 0.15) is 0 Å². The number of hydrogen-bond donors (Lipinski definition) is 2. The largest absolute Gasteiger partial charge is 0.353 e. The first-order valence-corrected chi connectivity index (χ1v) is 8.77. The van der Waals surface area contributed by atoms with Gasteiger partial charge in [-0.05, 0) is 56.3 Å². The SMILES string of the molecule is Cl.NC1CC2CCCC(C1)C2NC(=O)CC1CCCCC1. The molecule has 0 radical (unpaired) electrons. The third-order valence-corrected chi connectivity index (χ3v) is 5.90. The van der Waals surface area contributed by atoms with Crippen LogP contribution >= 0.6 is 12.4 Å². The zero-order valence-electron chi connectivity index (χ0n) is 13.1. The summed E-state index contributed by atoms with van der Waals surface area (Å²) in [7, 11) is 0. The molecule has 2 bridgehead atoms. The van der Waals surface area contributed by atoms with Crippen LogP contribution in [0.1, 0.15) is 70.6 Å². The van der Waals surface area contributed by atoms with Crippen LogP contribution in [0.25, 0.3) is 0 Å². The molecule has 4 heteroatoms. The van der Waals surface area contributed by atoms with E-state index < -0.39 is 0 Å². The number of carbonyl (C=O) groups is 1. The van der Waals surface area contributed by atoms with E-state index in [9.17, 15) is 4.79 Å². The highest BCUT2D eigenvalue weighted by Gasteiger charge is 2.39. The van der Waals surface area contributed by atoms with E-state index in [-0.39, 0.29) is 12.4 Å². The molecule has 0 saturated heterocycles. The zero-order valence-corrected chi connectivity index (χ0v) is 13.9. The molecular weight excluding hydrogens is 284 g/mol. The molecule has 3 aliphatic rings. The summed E-state index contributed by atoms with van der Waals surface area (Å²) in [5.41, 5.74) is 6.15. The van der Waals surface area contributed by atoms with Crippen molar-refractivity contribution < 1.29 is 4.79 Å². The fraction of sp³-hybridized carbons (Fsp3) is 0.941. The molecule has 3 aliphatic carbocycles. The van der Waals surface area contributed by atoms with E-state index in [1.807, 2.05) is 0 Å². The second-order valence-electron chi connectivity index (χ2n) is 7.48. The van der Waals surface area contributed by atoms with Gasteiger partial charge in [0, 0.05) is 18.5 Å². The van der Waals surface area contributed by atoms with Crippen molar-refractivity contribution >= 4 is 18.3 Å². The molecule has 1 amide bonds. The van der Waals surface area contributed by atoms with Crippen LogP contribution in [0.3, 0.4) is 0 Å². The van der Waals surface area contributed by atoms with Crippen molar-refractivity contribution in [3.8, 4) is 0 Å². The van der Waals surface area contributed by atoms with E-state index in [2.05, 4.69) is 5.32 Å². The predicted octanol–water partition coefficient (Wildman–Crippen LogP) is 3.40. The molecule has 0 aliphatic heterocycles. The van der Waals surface area contributed by atoms with Gasteiger partial charge >= 0.3 is 0 Å². The predicted molar refractivity (Wildman–Crippen MR) is 88.4 cm³/mol. The number of hydrogen-bond acceptors (Lipinski definition) is 2. The van der Waals surface area contributed by atoms with Crippen LogP contribution < -0.4 is 11.1 Å². The lowest BCUT2D eigenvalue weighted by Crippen LogP contribution is -2.53. The van der Waals surface area contributed by atoms with Gasteiger partial charge in [0.15, 0.2) is 0 Å². The Morgan fingerprint density at radius 2 is 1.57 bits per heavy atom. The summed E-state index contributed by atoms with van der Waals surface area (Å²) in [6, 6.07) is 0.802. The number of amides is 1. The Kier molecular flexibility index (Phi) is 6.36. The van der Waals surface area contributed by atoms with Crippen LogP contribution in [0.2, 0.25) is 0 Å². The van der Waals surface area contributed by atoms with Gasteiger partial charge in [-0.2, -0.15) is 0 Å². The minimum Gasteiger partial charge on any atom is -0.353 e. The molecule has 3 nitrogen and oxygen atoms in total. The molecule has 3 rings (SSSR count). The van der Waals surface area contributed by atoms with Crippen LogP contribution in [0.15, 0.2) is 0 Å². The molecule has 3 saturated carbocycles. The first-order chi connectivity index (χ1) is 9.72. The fourth-order valence-corrected chi connectivity index (χ4v) is 4.92. The summed E-state index contributed by atoms with van der Waals surface area (Å²) in [5.74, 6) is 2.25. The van der Waals surface area contributed by atoms with E-state index in [1.54, 1.807) is 0 Å². The Bertz CT molecular complexity index is 330. The van der Waals surface area contributed by atoms with Crippen molar-refractivity contribution in [3.05, 3.63) is 0 Å². The normalized spacial score (nSPS) is 36.6. The summed E-state index contributed by atoms with van der Waals surface area (Å²) in [4.78, 5) is 12.3. The van der Waals surface area contributed by atoms with Crippen molar-refractivity contribution in [3.63, 3.8) is 0 Å². The highest BCUT2D eigenvalue weighted by molar-refractivity contribution is 5.85. The Hall–Kier alpha value is -0.280. The van der Waals surface area contributed by atoms with Crippen LogP contribution in [-0.4, -0.2) is 18.0 Å². The molecule has 122 valence electrons. The van der Waals surface area contributed by atoms with Crippen molar-refractivity contribution in [2.45, 2.75) is 82.7 Å². The first kappa shape index (κ1) is 17.1. The number of nitrogens with one attached hydrogen (secondary N) is 1. The molecule has 0 aromatic rings. The third kappa shape index (κ3) is 4.35. The fourth-order valence-electron chi connectivity index (χ4n) is 4.92. The van der Waals surface area contributed by atoms with Gasteiger partial charge in [-0.15, -0.1) is 12.4 Å². The van der Waals surface area contributed by atoms with Gasteiger partial charge in [-0.1, -0.05) is 25.7 Å². The van der Waals surface area contributed by atoms with Gasteiger partial charge in [-0.3, -0.25) is 4.79 Å². The molecule has 0 aromatic carbocycles.